The van der Waals surface area contributed by atoms with Gasteiger partial charge in [0.05, 0.1) is 13.2 Å². The summed E-state index contributed by atoms with van der Waals surface area (Å²) in [4.78, 5) is 12.5. The van der Waals surface area contributed by atoms with Crippen LogP contribution in [0.3, 0.4) is 0 Å². The maximum Gasteiger partial charge on any atom is 0.267 e. The smallest absolute Gasteiger partial charge is 0.267 e. The Morgan fingerprint density at radius 3 is 2.55 bits per heavy atom. The highest BCUT2D eigenvalue weighted by molar-refractivity contribution is 6.06. The molecule has 2 aromatic carbocycles. The Kier molecular flexibility index (Phi) is 6.91. The number of aryl methyl sites for hydroxylation is 2. The molecule has 2 aromatic rings. The molecule has 0 aliphatic heterocycles. The molecule has 150 valence electrons. The van der Waals surface area contributed by atoms with Crippen molar-refractivity contribution >= 4 is 11.6 Å². The van der Waals surface area contributed by atoms with Gasteiger partial charge >= 0.3 is 0 Å². The first-order valence-electron chi connectivity index (χ1n) is 10.1. The van der Waals surface area contributed by atoms with Crippen molar-refractivity contribution in [2.45, 2.75) is 45.1 Å². The number of nitrogens with one attached hydrogen (secondary N) is 2. The zero-order valence-electron chi connectivity index (χ0n) is 17.0. The number of carbonyl (C=O) groups excluding carboxylic acids is 1. The molecule has 1 aliphatic rings. The summed E-state index contributed by atoms with van der Waals surface area (Å²) >= 11 is 0. The molecule has 0 fully saturated rings. The zero-order valence-corrected chi connectivity index (χ0v) is 17.0. The van der Waals surface area contributed by atoms with E-state index in [0.29, 0.717) is 11.4 Å². The average molecular weight is 389 g/mol. The predicted molar refractivity (Wildman–Crippen MR) is 115 cm³/mol. The molecule has 1 atom stereocenters. The third-order valence-corrected chi connectivity index (χ3v) is 5.32. The van der Waals surface area contributed by atoms with Crippen LogP contribution in [-0.2, 0) is 17.6 Å². The van der Waals surface area contributed by atoms with E-state index in [4.69, 9.17) is 4.74 Å². The Morgan fingerprint density at radius 2 is 1.90 bits per heavy atom. The van der Waals surface area contributed by atoms with Crippen LogP contribution in [0.15, 0.2) is 54.2 Å². The SMILES string of the molecule is CCC(N/C=C(/C#N)C(=O)Nc1ccc(OC)cc1)c1ccc2c(c1)CCCC2. The average Bonchev–Trinajstić information content (AvgIpc) is 2.77. The first-order valence-corrected chi connectivity index (χ1v) is 10.1. The van der Waals surface area contributed by atoms with E-state index in [1.165, 1.54) is 35.7 Å². The van der Waals surface area contributed by atoms with Crippen molar-refractivity contribution in [3.8, 4) is 11.8 Å². The van der Waals surface area contributed by atoms with E-state index in [1.54, 1.807) is 31.4 Å². The lowest BCUT2D eigenvalue weighted by atomic mass is 9.89. The van der Waals surface area contributed by atoms with E-state index in [-0.39, 0.29) is 11.6 Å². The molecule has 0 radical (unpaired) electrons. The number of fused-ring (bicyclic) bond motifs is 1. The molecule has 2 N–H and O–H groups in total. The van der Waals surface area contributed by atoms with Crippen molar-refractivity contribution in [1.29, 1.82) is 5.26 Å². The molecule has 1 aliphatic carbocycles. The number of hydrogen-bond donors (Lipinski definition) is 2. The van der Waals surface area contributed by atoms with E-state index < -0.39 is 5.91 Å². The highest BCUT2D eigenvalue weighted by Gasteiger charge is 2.15. The minimum atomic E-state index is -0.439. The summed E-state index contributed by atoms with van der Waals surface area (Å²) < 4.78 is 5.11. The second-order valence-electron chi connectivity index (χ2n) is 7.22. The van der Waals surface area contributed by atoms with Crippen LogP contribution in [0.4, 0.5) is 5.69 Å². The van der Waals surface area contributed by atoms with Crippen LogP contribution in [0.25, 0.3) is 0 Å². The molecule has 0 aromatic heterocycles. The quantitative estimate of drug-likeness (QED) is 0.533. The predicted octanol–water partition coefficient (Wildman–Crippen LogP) is 4.66. The van der Waals surface area contributed by atoms with Crippen molar-refractivity contribution in [1.82, 2.24) is 5.32 Å². The number of anilines is 1. The van der Waals surface area contributed by atoms with Crippen LogP contribution in [0.1, 0.15) is 48.9 Å². The highest BCUT2D eigenvalue weighted by atomic mass is 16.5. The van der Waals surface area contributed by atoms with Crippen LogP contribution in [-0.4, -0.2) is 13.0 Å². The maximum atomic E-state index is 12.5. The third-order valence-electron chi connectivity index (χ3n) is 5.32. The number of nitriles is 1. The van der Waals surface area contributed by atoms with Crippen LogP contribution in [0.5, 0.6) is 5.75 Å². The number of hydrogen-bond acceptors (Lipinski definition) is 4. The van der Waals surface area contributed by atoms with Gasteiger partial charge in [0.25, 0.3) is 5.91 Å². The van der Waals surface area contributed by atoms with Gasteiger partial charge in [-0.05, 0) is 73.1 Å². The summed E-state index contributed by atoms with van der Waals surface area (Å²) in [6, 6.07) is 15.7. The molecule has 1 amide bonds. The van der Waals surface area contributed by atoms with Crippen molar-refractivity contribution in [3.05, 3.63) is 70.9 Å². The molecule has 5 nitrogen and oxygen atoms in total. The van der Waals surface area contributed by atoms with Gasteiger partial charge in [-0.15, -0.1) is 0 Å². The normalized spacial score (nSPS) is 14.3. The van der Waals surface area contributed by atoms with Gasteiger partial charge in [-0.1, -0.05) is 25.1 Å². The molecule has 1 unspecified atom stereocenters. The topological polar surface area (TPSA) is 74.2 Å². The van der Waals surface area contributed by atoms with Gasteiger partial charge in [-0.3, -0.25) is 4.79 Å². The third kappa shape index (κ3) is 5.17. The Hall–Kier alpha value is -3.26. The lowest BCUT2D eigenvalue weighted by molar-refractivity contribution is -0.112. The number of carbonyl (C=O) groups is 1. The Labute approximate surface area is 172 Å². The lowest BCUT2D eigenvalue weighted by Crippen LogP contribution is -2.20. The number of nitrogens with zero attached hydrogens (tertiary/aromatic N) is 1. The van der Waals surface area contributed by atoms with Crippen molar-refractivity contribution in [3.63, 3.8) is 0 Å². The summed E-state index contributed by atoms with van der Waals surface area (Å²) in [5.74, 6) is 0.266. The number of benzene rings is 2. The van der Waals surface area contributed by atoms with E-state index in [2.05, 4.69) is 35.8 Å². The van der Waals surface area contributed by atoms with Gasteiger partial charge in [-0.25, -0.2) is 0 Å². The van der Waals surface area contributed by atoms with Crippen molar-refractivity contribution < 1.29 is 9.53 Å². The number of rotatable bonds is 7. The number of ether oxygens (including phenoxy) is 1. The minimum absolute atomic E-state index is 0.0391. The number of methoxy groups -OCH3 is 1. The van der Waals surface area contributed by atoms with Gasteiger partial charge < -0.3 is 15.4 Å². The van der Waals surface area contributed by atoms with Gasteiger partial charge in [0, 0.05) is 11.9 Å². The molecule has 29 heavy (non-hydrogen) atoms. The maximum absolute atomic E-state index is 12.5. The zero-order chi connectivity index (χ0) is 20.6. The Bertz CT molecular complexity index is 926. The lowest BCUT2D eigenvalue weighted by Gasteiger charge is -2.21. The standard InChI is InChI=1S/C24H27N3O2/c1-3-23(19-9-8-17-6-4-5-7-18(17)14-19)26-16-20(15-25)24(28)27-21-10-12-22(29-2)13-11-21/h8-14,16,23,26H,3-7H2,1-2H3,(H,27,28)/b20-16-. The van der Waals surface area contributed by atoms with Crippen LogP contribution in [0, 0.1) is 11.3 Å². The summed E-state index contributed by atoms with van der Waals surface area (Å²) in [5.41, 5.74) is 4.71. The van der Waals surface area contributed by atoms with Gasteiger partial charge in [0.15, 0.2) is 0 Å². The molecule has 0 saturated heterocycles. The van der Waals surface area contributed by atoms with E-state index in [9.17, 15) is 10.1 Å². The first-order chi connectivity index (χ1) is 14.1. The number of amides is 1. The minimum Gasteiger partial charge on any atom is -0.497 e. The molecule has 3 rings (SSSR count). The van der Waals surface area contributed by atoms with Gasteiger partial charge in [0.1, 0.15) is 17.4 Å². The van der Waals surface area contributed by atoms with Crippen LogP contribution < -0.4 is 15.4 Å². The summed E-state index contributed by atoms with van der Waals surface area (Å²) in [7, 11) is 1.59. The second kappa shape index (κ2) is 9.79. The largest absolute Gasteiger partial charge is 0.497 e. The van der Waals surface area contributed by atoms with Crippen LogP contribution >= 0.6 is 0 Å². The summed E-state index contributed by atoms with van der Waals surface area (Å²) in [6.07, 6.45) is 7.16. The van der Waals surface area contributed by atoms with E-state index in [1.807, 2.05) is 6.07 Å². The molecule has 0 heterocycles. The second-order valence-corrected chi connectivity index (χ2v) is 7.22. The molecular weight excluding hydrogens is 362 g/mol. The van der Waals surface area contributed by atoms with Gasteiger partial charge in [-0.2, -0.15) is 5.26 Å². The molecule has 0 spiro atoms. The monoisotopic (exact) mass is 389 g/mol. The van der Waals surface area contributed by atoms with E-state index >= 15 is 0 Å². The fourth-order valence-corrected chi connectivity index (χ4v) is 3.63. The Balaban J connectivity index is 1.69. The molecule has 0 bridgehead atoms. The highest BCUT2D eigenvalue weighted by Crippen LogP contribution is 2.26. The van der Waals surface area contributed by atoms with E-state index in [0.717, 1.165) is 19.3 Å². The Morgan fingerprint density at radius 1 is 1.17 bits per heavy atom. The fraction of sp³-hybridized carbons (Fsp3) is 0.333. The first kappa shape index (κ1) is 20.5. The van der Waals surface area contributed by atoms with Gasteiger partial charge in [0.2, 0.25) is 0 Å². The van der Waals surface area contributed by atoms with Crippen molar-refractivity contribution in [2.24, 2.45) is 0 Å². The summed E-state index contributed by atoms with van der Waals surface area (Å²) in [6.45, 7) is 2.09. The molecular formula is C24H27N3O2. The van der Waals surface area contributed by atoms with Crippen LogP contribution in [0.2, 0.25) is 0 Å². The molecule has 5 heteroatoms. The summed E-state index contributed by atoms with van der Waals surface area (Å²) in [5, 5.41) is 15.4. The molecule has 0 saturated carbocycles. The van der Waals surface area contributed by atoms with Crippen molar-refractivity contribution in [2.75, 3.05) is 12.4 Å². The fourth-order valence-electron chi connectivity index (χ4n) is 3.63.